The highest BCUT2D eigenvalue weighted by molar-refractivity contribution is 7.49. The molecule has 0 amide bonds. The van der Waals surface area contributed by atoms with Crippen molar-refractivity contribution < 1.29 is 36.4 Å². The molecule has 5 rings (SSSR count). The average Bonchev–Trinajstić information content (AvgIpc) is 3.20. The lowest BCUT2D eigenvalue weighted by Gasteiger charge is -2.42. The van der Waals surface area contributed by atoms with Gasteiger partial charge in [-0.25, -0.2) is 9.13 Å². The fourth-order valence-corrected chi connectivity index (χ4v) is 7.45. The highest BCUT2D eigenvalue weighted by atomic mass is 31.2. The molecular formula is C23H28N2O12P2. The van der Waals surface area contributed by atoms with E-state index in [9.17, 15) is 28.3 Å². The normalized spacial score (nSPS) is 28.5. The Morgan fingerprint density at radius 3 is 1.46 bits per heavy atom. The Balaban J connectivity index is 1.39. The molecule has 2 fully saturated rings. The summed E-state index contributed by atoms with van der Waals surface area (Å²) < 4.78 is 58.9. The summed E-state index contributed by atoms with van der Waals surface area (Å²) in [6, 6.07) is 2.31. The zero-order valence-corrected chi connectivity index (χ0v) is 24.0. The van der Waals surface area contributed by atoms with E-state index in [4.69, 9.17) is 27.2 Å². The Kier molecular flexibility index (Phi) is 6.32. The zero-order valence-electron chi connectivity index (χ0n) is 22.2. The fraction of sp³-hybridized carbons (Fsp3) is 0.565. The van der Waals surface area contributed by atoms with Crippen molar-refractivity contribution in [3.05, 3.63) is 53.5 Å². The van der Waals surface area contributed by atoms with Gasteiger partial charge in [-0.05, 0) is 53.7 Å². The molecule has 14 nitrogen and oxygen atoms in total. The molecule has 4 heterocycles. The first-order valence-electron chi connectivity index (χ1n) is 12.0. The minimum Gasteiger partial charge on any atom is -0.304 e. The van der Waals surface area contributed by atoms with Gasteiger partial charge < -0.3 is 4.62 Å². The third-order valence-electron chi connectivity index (χ3n) is 6.21. The molecule has 2 aliphatic rings. The van der Waals surface area contributed by atoms with E-state index in [1.807, 2.05) is 0 Å². The fourth-order valence-electron chi connectivity index (χ4n) is 4.36. The van der Waals surface area contributed by atoms with Crippen LogP contribution in [0.25, 0.3) is 21.5 Å². The van der Waals surface area contributed by atoms with Crippen LogP contribution < -0.4 is 26.9 Å². The van der Waals surface area contributed by atoms with Gasteiger partial charge >= 0.3 is 15.6 Å². The van der Waals surface area contributed by atoms with Gasteiger partial charge in [-0.3, -0.25) is 46.4 Å². The molecule has 0 unspecified atom stereocenters. The summed E-state index contributed by atoms with van der Waals surface area (Å²) in [6.07, 6.45) is 0. The third kappa shape index (κ3) is 4.88. The maximum absolute atomic E-state index is 13.1. The van der Waals surface area contributed by atoms with Crippen molar-refractivity contribution in [3.8, 4) is 0 Å². The van der Waals surface area contributed by atoms with Crippen molar-refractivity contribution >= 4 is 37.2 Å². The van der Waals surface area contributed by atoms with Crippen LogP contribution in [-0.2, 0) is 37.3 Å². The van der Waals surface area contributed by atoms with Crippen LogP contribution in [0.1, 0.15) is 41.5 Å². The summed E-state index contributed by atoms with van der Waals surface area (Å²) in [7, 11) is -8.29. The van der Waals surface area contributed by atoms with Crippen LogP contribution in [0.5, 0.6) is 0 Å². The van der Waals surface area contributed by atoms with Crippen LogP contribution in [0, 0.1) is 5.41 Å². The van der Waals surface area contributed by atoms with E-state index in [1.165, 1.54) is 0 Å². The van der Waals surface area contributed by atoms with Gasteiger partial charge in [0.1, 0.15) is 0 Å². The molecule has 212 valence electrons. The van der Waals surface area contributed by atoms with Gasteiger partial charge in [-0.2, -0.15) is 0 Å². The summed E-state index contributed by atoms with van der Waals surface area (Å²) in [5.74, 6) is 0. The standard InChI is InChI=1S/C23H28N2O12P2/c1-21(2,3)24-17(26)13-7-15-16(8-14(13)18(24)27)20(29)25(19(15)28)37-39(31)34-11-23(12-35-39)9-32-38(30,33-10-23)36-22(4,5)6/h7-8H,9-12H2,1-6H3. The second-order valence-corrected chi connectivity index (χ2v) is 14.9. The van der Waals surface area contributed by atoms with Crippen molar-refractivity contribution in [2.45, 2.75) is 52.7 Å². The van der Waals surface area contributed by atoms with E-state index >= 15 is 0 Å². The van der Waals surface area contributed by atoms with Gasteiger partial charge in [-0.1, -0.05) is 4.73 Å². The number of phosphoric ester groups is 2. The molecule has 3 aromatic rings. The lowest BCUT2D eigenvalue weighted by Crippen LogP contribution is -2.47. The Labute approximate surface area is 221 Å². The molecule has 0 aliphatic carbocycles. The van der Waals surface area contributed by atoms with Crippen molar-refractivity contribution in [2.75, 3.05) is 26.4 Å². The molecule has 2 saturated heterocycles. The molecule has 0 saturated carbocycles. The number of nitrogens with zero attached hydrogens (tertiary/aromatic N) is 2. The lowest BCUT2D eigenvalue weighted by atomic mass is 9.93. The number of rotatable bonds is 3. The summed E-state index contributed by atoms with van der Waals surface area (Å²) >= 11 is 0. The first kappa shape index (κ1) is 28.1. The number of phosphoric acid groups is 2. The van der Waals surface area contributed by atoms with Crippen molar-refractivity contribution in [3.63, 3.8) is 0 Å². The second kappa shape index (κ2) is 8.78. The van der Waals surface area contributed by atoms with Crippen LogP contribution in [-0.4, -0.2) is 41.3 Å². The van der Waals surface area contributed by atoms with Crippen molar-refractivity contribution in [1.82, 2.24) is 9.30 Å². The molecule has 2 aliphatic heterocycles. The summed E-state index contributed by atoms with van der Waals surface area (Å²) in [5, 5.41) is -0.445. The van der Waals surface area contributed by atoms with Gasteiger partial charge in [0.2, 0.25) is 0 Å². The summed E-state index contributed by atoms with van der Waals surface area (Å²) in [4.78, 5) is 51.8. The highest BCUT2D eigenvalue weighted by Crippen LogP contribution is 2.60. The van der Waals surface area contributed by atoms with Gasteiger partial charge in [0, 0.05) is 5.54 Å². The van der Waals surface area contributed by atoms with Gasteiger partial charge in [0.05, 0.1) is 59.0 Å². The second-order valence-electron chi connectivity index (χ2n) is 11.7. The quantitative estimate of drug-likeness (QED) is 0.411. The van der Waals surface area contributed by atoms with E-state index in [0.29, 0.717) is 0 Å². The molecule has 1 aromatic carbocycles. The first-order chi connectivity index (χ1) is 17.9. The molecular weight excluding hydrogens is 558 g/mol. The predicted octanol–water partition coefficient (Wildman–Crippen LogP) is 2.21. The number of hydrogen-bond acceptors (Lipinski definition) is 12. The van der Waals surface area contributed by atoms with Gasteiger partial charge in [-0.15, -0.1) is 0 Å². The van der Waals surface area contributed by atoms with E-state index < -0.39 is 54.4 Å². The van der Waals surface area contributed by atoms with Crippen LogP contribution >= 0.6 is 15.6 Å². The molecule has 0 bridgehead atoms. The van der Waals surface area contributed by atoms with Crippen LogP contribution in [0.4, 0.5) is 0 Å². The van der Waals surface area contributed by atoms with Crippen LogP contribution in [0.15, 0.2) is 31.3 Å². The Hall–Kier alpha value is -2.44. The number of benzene rings is 1. The molecule has 2 aromatic heterocycles. The smallest absolute Gasteiger partial charge is 0.304 e. The van der Waals surface area contributed by atoms with Crippen LogP contribution in [0.2, 0.25) is 0 Å². The maximum Gasteiger partial charge on any atom is 0.549 e. The third-order valence-corrected chi connectivity index (χ3v) is 9.12. The number of hydrogen-bond donors (Lipinski definition) is 0. The average molecular weight is 586 g/mol. The van der Waals surface area contributed by atoms with E-state index in [2.05, 4.69) is 0 Å². The monoisotopic (exact) mass is 586 g/mol. The van der Waals surface area contributed by atoms with Crippen molar-refractivity contribution in [2.24, 2.45) is 5.41 Å². The Morgan fingerprint density at radius 2 is 1.08 bits per heavy atom. The molecule has 16 heteroatoms. The predicted molar refractivity (Wildman–Crippen MR) is 139 cm³/mol. The SMILES string of the molecule is CC(C)(C)OP1(=O)OCC2(COP(=O)(On3c(=O)c4cc5c(=O)n(C(C)(C)C)c(=O)c5cc4c3=O)OC2)CO1. The minimum absolute atomic E-state index is 0.0274. The highest BCUT2D eigenvalue weighted by Gasteiger charge is 2.52. The number of fused-ring (bicyclic) bond motifs is 2. The summed E-state index contributed by atoms with van der Waals surface area (Å²) in [6.45, 7) is 9.22. The lowest BCUT2D eigenvalue weighted by molar-refractivity contribution is -0.103. The van der Waals surface area contributed by atoms with E-state index in [-0.39, 0.29) is 52.7 Å². The van der Waals surface area contributed by atoms with E-state index in [0.717, 1.165) is 16.7 Å². The molecule has 39 heavy (non-hydrogen) atoms. The van der Waals surface area contributed by atoms with Gasteiger partial charge in [0.15, 0.2) is 0 Å². The largest absolute Gasteiger partial charge is 0.549 e. The molecule has 0 N–H and O–H groups in total. The van der Waals surface area contributed by atoms with Gasteiger partial charge in [0.25, 0.3) is 22.2 Å². The molecule has 1 spiro atoms. The first-order valence-corrected chi connectivity index (χ1v) is 14.9. The topological polar surface area (TPSA) is 168 Å². The maximum atomic E-state index is 13.1. The van der Waals surface area contributed by atoms with Crippen LogP contribution in [0.3, 0.4) is 0 Å². The number of aromatic nitrogens is 2. The zero-order chi connectivity index (χ0) is 28.8. The molecule has 0 radical (unpaired) electrons. The minimum atomic E-state index is -4.47. The molecule has 0 atom stereocenters. The van der Waals surface area contributed by atoms with E-state index in [1.54, 1.807) is 41.5 Å². The van der Waals surface area contributed by atoms with Crippen molar-refractivity contribution in [1.29, 1.82) is 0 Å². The summed E-state index contributed by atoms with van der Waals surface area (Å²) in [5.41, 5.74) is -5.80. The Bertz CT molecular complexity index is 1690. The Morgan fingerprint density at radius 1 is 0.692 bits per heavy atom.